The first-order valence-corrected chi connectivity index (χ1v) is 7.73. The van der Waals surface area contributed by atoms with E-state index < -0.39 is 46.5 Å². The van der Waals surface area contributed by atoms with E-state index >= 15 is 0 Å². The maximum atomic E-state index is 11.5. The van der Waals surface area contributed by atoms with Crippen molar-refractivity contribution in [2.45, 2.75) is 32.0 Å². The minimum Gasteiger partial charge on any atom is -0.467 e. The van der Waals surface area contributed by atoms with Gasteiger partial charge < -0.3 is 19.9 Å². The van der Waals surface area contributed by atoms with Crippen LogP contribution in [-0.4, -0.2) is 63.3 Å². The summed E-state index contributed by atoms with van der Waals surface area (Å²) in [4.78, 5) is 23.0. The maximum absolute atomic E-state index is 11.5. The largest absolute Gasteiger partial charge is 0.467 e. The van der Waals surface area contributed by atoms with Crippen molar-refractivity contribution in [3.63, 3.8) is 0 Å². The molecule has 0 fully saturated rings. The number of esters is 1. The van der Waals surface area contributed by atoms with Gasteiger partial charge in [-0.25, -0.2) is 9.59 Å². The number of methoxy groups -OCH3 is 1. The summed E-state index contributed by atoms with van der Waals surface area (Å²) >= 11 is 0. The number of carbonyl (C=O) groups excluding carboxylic acids is 2. The number of alkyl carbamates (subject to hydrolysis) is 1. The van der Waals surface area contributed by atoms with Gasteiger partial charge in [-0.15, -0.1) is 0 Å². The Morgan fingerprint density at radius 1 is 1.24 bits per heavy atom. The first kappa shape index (κ1) is 19.6. The van der Waals surface area contributed by atoms with Crippen LogP contribution < -0.4 is 5.32 Å². The maximum Gasteiger partial charge on any atom is 0.407 e. The SMILES string of the molecule is COC(=O)C(O)(CNC(=O)OC(C)(C)C)COS(C)(=O)=O. The molecule has 0 aliphatic heterocycles. The van der Waals surface area contributed by atoms with Crippen molar-refractivity contribution in [2.75, 3.05) is 26.5 Å². The van der Waals surface area contributed by atoms with E-state index in [0.717, 1.165) is 13.4 Å². The van der Waals surface area contributed by atoms with Crippen molar-refractivity contribution in [2.24, 2.45) is 0 Å². The molecule has 10 heteroatoms. The molecule has 0 aliphatic carbocycles. The molecule has 0 spiro atoms. The van der Waals surface area contributed by atoms with Crippen LogP contribution in [0.1, 0.15) is 20.8 Å². The molecule has 0 bridgehead atoms. The molecule has 21 heavy (non-hydrogen) atoms. The molecular formula is C11H21NO8S. The minimum atomic E-state index is -3.88. The van der Waals surface area contributed by atoms with Crippen molar-refractivity contribution in [3.8, 4) is 0 Å². The van der Waals surface area contributed by atoms with Crippen LogP contribution in [0.3, 0.4) is 0 Å². The van der Waals surface area contributed by atoms with E-state index in [2.05, 4.69) is 14.2 Å². The fourth-order valence-electron chi connectivity index (χ4n) is 1.11. The molecular weight excluding hydrogens is 306 g/mol. The lowest BCUT2D eigenvalue weighted by Crippen LogP contribution is -2.53. The zero-order valence-electron chi connectivity index (χ0n) is 12.6. The number of amides is 1. The third-order valence-electron chi connectivity index (χ3n) is 2.00. The van der Waals surface area contributed by atoms with Gasteiger partial charge in [0.05, 0.1) is 19.9 Å². The fraction of sp³-hybridized carbons (Fsp3) is 0.818. The number of nitrogens with one attached hydrogen (secondary N) is 1. The molecule has 124 valence electrons. The molecule has 0 heterocycles. The average molecular weight is 327 g/mol. The number of carbonyl (C=O) groups is 2. The zero-order chi connectivity index (χ0) is 16.9. The molecule has 0 aliphatic rings. The fourth-order valence-corrected chi connectivity index (χ4v) is 1.52. The van der Waals surface area contributed by atoms with Crippen LogP contribution >= 0.6 is 0 Å². The van der Waals surface area contributed by atoms with Gasteiger partial charge in [0.25, 0.3) is 10.1 Å². The van der Waals surface area contributed by atoms with E-state index in [0.29, 0.717) is 0 Å². The second-order valence-corrected chi connectivity index (χ2v) is 6.99. The zero-order valence-corrected chi connectivity index (χ0v) is 13.4. The molecule has 0 aromatic heterocycles. The highest BCUT2D eigenvalue weighted by atomic mass is 32.2. The van der Waals surface area contributed by atoms with Crippen LogP contribution in [0.4, 0.5) is 4.79 Å². The quantitative estimate of drug-likeness (QED) is 0.488. The average Bonchev–Trinajstić information content (AvgIpc) is 2.30. The standard InChI is InChI=1S/C11H21NO8S/c1-10(2,3)20-9(14)12-6-11(15,8(13)18-4)7-19-21(5,16)17/h15H,6-7H2,1-5H3,(H,12,14). The summed E-state index contributed by atoms with van der Waals surface area (Å²) in [7, 11) is -2.88. The lowest BCUT2D eigenvalue weighted by atomic mass is 10.1. The summed E-state index contributed by atoms with van der Waals surface area (Å²) in [5, 5.41) is 12.2. The molecule has 0 aromatic carbocycles. The van der Waals surface area contributed by atoms with Crippen LogP contribution in [0.25, 0.3) is 0 Å². The van der Waals surface area contributed by atoms with E-state index in [1.54, 1.807) is 20.8 Å². The van der Waals surface area contributed by atoms with Crippen molar-refractivity contribution < 1.29 is 36.8 Å². The summed E-state index contributed by atoms with van der Waals surface area (Å²) in [6, 6.07) is 0. The highest BCUT2D eigenvalue weighted by Gasteiger charge is 2.39. The third-order valence-corrected chi connectivity index (χ3v) is 2.55. The van der Waals surface area contributed by atoms with Crippen molar-refractivity contribution in [3.05, 3.63) is 0 Å². The topological polar surface area (TPSA) is 128 Å². The second-order valence-electron chi connectivity index (χ2n) is 5.34. The number of aliphatic hydroxyl groups is 1. The Bertz CT molecular complexity index is 481. The van der Waals surface area contributed by atoms with Gasteiger partial charge in [-0.1, -0.05) is 0 Å². The van der Waals surface area contributed by atoms with Crippen LogP contribution in [0.2, 0.25) is 0 Å². The van der Waals surface area contributed by atoms with E-state index in [1.807, 2.05) is 0 Å². The Hall–Kier alpha value is -1.39. The van der Waals surface area contributed by atoms with Crippen molar-refractivity contribution in [1.82, 2.24) is 5.32 Å². The van der Waals surface area contributed by atoms with Gasteiger partial charge in [-0.05, 0) is 20.8 Å². The minimum absolute atomic E-state index is 0.635. The molecule has 0 rings (SSSR count). The van der Waals surface area contributed by atoms with E-state index in [1.165, 1.54) is 0 Å². The van der Waals surface area contributed by atoms with Gasteiger partial charge in [0, 0.05) is 0 Å². The molecule has 0 aromatic rings. The van der Waals surface area contributed by atoms with Gasteiger partial charge in [0.1, 0.15) is 12.2 Å². The van der Waals surface area contributed by atoms with Crippen LogP contribution in [-0.2, 0) is 28.6 Å². The Balaban J connectivity index is 4.78. The monoisotopic (exact) mass is 327 g/mol. The Morgan fingerprint density at radius 3 is 2.14 bits per heavy atom. The second kappa shape index (κ2) is 7.05. The van der Waals surface area contributed by atoms with Gasteiger partial charge in [-0.3, -0.25) is 4.18 Å². The normalized spacial score (nSPS) is 15.0. The molecule has 0 saturated carbocycles. The third kappa shape index (κ3) is 8.48. The number of hydrogen-bond acceptors (Lipinski definition) is 8. The summed E-state index contributed by atoms with van der Waals surface area (Å²) in [6.45, 7) is 3.36. The first-order valence-electron chi connectivity index (χ1n) is 5.91. The highest BCUT2D eigenvalue weighted by molar-refractivity contribution is 7.85. The Labute approximate surface area is 123 Å². The van der Waals surface area contributed by atoms with Crippen LogP contribution in [0.5, 0.6) is 0 Å². The lowest BCUT2D eigenvalue weighted by molar-refractivity contribution is -0.164. The summed E-state index contributed by atoms with van der Waals surface area (Å²) in [5.41, 5.74) is -3.12. The van der Waals surface area contributed by atoms with Crippen LogP contribution in [0, 0.1) is 0 Å². The summed E-state index contributed by atoms with van der Waals surface area (Å²) in [6.07, 6.45) is -0.129. The molecule has 0 radical (unpaired) electrons. The number of ether oxygens (including phenoxy) is 2. The van der Waals surface area contributed by atoms with Crippen molar-refractivity contribution >= 4 is 22.2 Å². The molecule has 1 unspecified atom stereocenters. The summed E-state index contributed by atoms with van der Waals surface area (Å²) in [5.74, 6) is -1.15. The smallest absolute Gasteiger partial charge is 0.407 e. The molecule has 1 atom stereocenters. The molecule has 1 amide bonds. The molecule has 0 saturated heterocycles. The van der Waals surface area contributed by atoms with Gasteiger partial charge in [-0.2, -0.15) is 8.42 Å². The Kier molecular flexibility index (Phi) is 6.58. The first-order chi connectivity index (χ1) is 9.29. The predicted octanol–water partition coefficient (Wildman–Crippen LogP) is -0.609. The van der Waals surface area contributed by atoms with Crippen molar-refractivity contribution in [1.29, 1.82) is 0 Å². The van der Waals surface area contributed by atoms with E-state index in [9.17, 15) is 23.1 Å². The predicted molar refractivity (Wildman–Crippen MR) is 72.0 cm³/mol. The molecule has 9 nitrogen and oxygen atoms in total. The van der Waals surface area contributed by atoms with Gasteiger partial charge in [0.2, 0.25) is 5.60 Å². The number of rotatable bonds is 6. The summed E-state index contributed by atoms with van der Waals surface area (Å²) < 4.78 is 35.5. The lowest BCUT2D eigenvalue weighted by Gasteiger charge is -2.26. The molecule has 2 N–H and O–H groups in total. The Morgan fingerprint density at radius 2 is 1.76 bits per heavy atom. The van der Waals surface area contributed by atoms with E-state index in [-0.39, 0.29) is 0 Å². The number of hydrogen-bond donors (Lipinski definition) is 2. The van der Waals surface area contributed by atoms with Gasteiger partial charge in [0.15, 0.2) is 0 Å². The van der Waals surface area contributed by atoms with Crippen LogP contribution in [0.15, 0.2) is 0 Å². The van der Waals surface area contributed by atoms with Gasteiger partial charge >= 0.3 is 12.1 Å². The van der Waals surface area contributed by atoms with E-state index in [4.69, 9.17) is 4.74 Å². The highest BCUT2D eigenvalue weighted by Crippen LogP contribution is 2.10.